The van der Waals surface area contributed by atoms with Gasteiger partial charge in [-0.3, -0.25) is 9.36 Å². The summed E-state index contributed by atoms with van der Waals surface area (Å²) in [6, 6.07) is 20.8. The van der Waals surface area contributed by atoms with Crippen LogP contribution >= 0.6 is 27.3 Å². The fourth-order valence-electron chi connectivity index (χ4n) is 5.55. The molecule has 0 radical (unpaired) electrons. The number of halogens is 1. The van der Waals surface area contributed by atoms with Crippen LogP contribution in [0.1, 0.15) is 37.9 Å². The van der Waals surface area contributed by atoms with E-state index >= 15 is 0 Å². The number of nitrogens with one attached hydrogen (secondary N) is 1. The van der Waals surface area contributed by atoms with E-state index < -0.39 is 12.0 Å². The van der Waals surface area contributed by atoms with Gasteiger partial charge in [0.05, 0.1) is 47.9 Å². The standard InChI is InChI=1S/C34H30BrN3O5S/c1-5-42-27-18-24(35)23(16-26(27)41-4)31-29(33(40)43-6-2)19(3)36-34-38(31)32(39)28(44-34)17-22-21-14-10-11-15-25(21)37-30(22)20-12-8-7-9-13-20/h7-18,31,37H,5-6H2,1-4H3/b28-17+/t31-/m0/s1. The number of H-pyrrole nitrogens is 1. The maximum Gasteiger partial charge on any atom is 0.338 e. The quantitative estimate of drug-likeness (QED) is 0.201. The minimum absolute atomic E-state index is 0.184. The highest BCUT2D eigenvalue weighted by atomic mass is 79.9. The molecule has 0 saturated carbocycles. The Hall–Kier alpha value is -4.41. The van der Waals surface area contributed by atoms with E-state index in [0.29, 0.717) is 43.2 Å². The molecule has 0 aliphatic carbocycles. The molecule has 0 amide bonds. The number of benzene rings is 3. The molecular formula is C34H30BrN3O5S. The van der Waals surface area contributed by atoms with Crippen molar-refractivity contribution in [2.24, 2.45) is 4.99 Å². The number of allylic oxidation sites excluding steroid dienone is 1. The average molecular weight is 673 g/mol. The zero-order chi connectivity index (χ0) is 31.0. The number of para-hydroxylation sites is 1. The molecule has 0 saturated heterocycles. The molecule has 5 aromatic rings. The van der Waals surface area contributed by atoms with E-state index in [1.54, 1.807) is 37.7 Å². The van der Waals surface area contributed by atoms with Gasteiger partial charge in [-0.2, -0.15) is 0 Å². The smallest absolute Gasteiger partial charge is 0.338 e. The van der Waals surface area contributed by atoms with Crippen LogP contribution < -0.4 is 24.4 Å². The summed E-state index contributed by atoms with van der Waals surface area (Å²) in [4.78, 5) is 36.6. The van der Waals surface area contributed by atoms with Crippen molar-refractivity contribution in [2.75, 3.05) is 20.3 Å². The minimum Gasteiger partial charge on any atom is -0.493 e. The van der Waals surface area contributed by atoms with E-state index in [4.69, 9.17) is 19.2 Å². The van der Waals surface area contributed by atoms with Crippen LogP contribution in [0.2, 0.25) is 0 Å². The van der Waals surface area contributed by atoms with Gasteiger partial charge in [-0.1, -0.05) is 75.8 Å². The Kier molecular flexibility index (Phi) is 8.29. The van der Waals surface area contributed by atoms with E-state index in [-0.39, 0.29) is 17.7 Å². The summed E-state index contributed by atoms with van der Waals surface area (Å²) in [6.45, 7) is 6.04. The second-order valence-electron chi connectivity index (χ2n) is 10.1. The Labute approximate surface area is 266 Å². The van der Waals surface area contributed by atoms with Crippen LogP contribution in [0.15, 0.2) is 92.3 Å². The number of ether oxygens (including phenoxy) is 3. The molecule has 44 heavy (non-hydrogen) atoms. The van der Waals surface area contributed by atoms with Crippen LogP contribution in [0.25, 0.3) is 28.2 Å². The number of esters is 1. The first-order valence-electron chi connectivity index (χ1n) is 14.2. The predicted molar refractivity (Wildman–Crippen MR) is 176 cm³/mol. The van der Waals surface area contributed by atoms with E-state index in [1.165, 1.54) is 11.3 Å². The first-order valence-corrected chi connectivity index (χ1v) is 15.8. The van der Waals surface area contributed by atoms with Crippen molar-refractivity contribution in [3.05, 3.63) is 113 Å². The predicted octanol–water partition coefficient (Wildman–Crippen LogP) is 6.12. The van der Waals surface area contributed by atoms with Crippen molar-refractivity contribution < 1.29 is 19.0 Å². The molecule has 1 atom stereocenters. The molecule has 10 heteroatoms. The van der Waals surface area contributed by atoms with Crippen LogP contribution in [0, 0.1) is 0 Å². The van der Waals surface area contributed by atoms with Gasteiger partial charge in [0.1, 0.15) is 0 Å². The number of methoxy groups -OCH3 is 1. The van der Waals surface area contributed by atoms with Crippen LogP contribution in [-0.4, -0.2) is 35.8 Å². The lowest BCUT2D eigenvalue weighted by atomic mass is 9.95. The zero-order valence-electron chi connectivity index (χ0n) is 24.6. The van der Waals surface area contributed by atoms with Gasteiger partial charge < -0.3 is 19.2 Å². The molecule has 0 bridgehead atoms. The average Bonchev–Trinajstić information content (AvgIpc) is 3.54. The molecule has 1 aliphatic heterocycles. The summed E-state index contributed by atoms with van der Waals surface area (Å²) in [6.07, 6.45) is 1.92. The second kappa shape index (κ2) is 12.3. The Balaban J connectivity index is 1.62. The highest BCUT2D eigenvalue weighted by molar-refractivity contribution is 9.10. The van der Waals surface area contributed by atoms with Crippen LogP contribution in [-0.2, 0) is 9.53 Å². The largest absolute Gasteiger partial charge is 0.493 e. The number of nitrogens with zero attached hydrogens (tertiary/aromatic N) is 2. The van der Waals surface area contributed by atoms with Crippen molar-refractivity contribution in [1.29, 1.82) is 0 Å². The van der Waals surface area contributed by atoms with Crippen molar-refractivity contribution in [3.63, 3.8) is 0 Å². The van der Waals surface area contributed by atoms with Gasteiger partial charge in [0.2, 0.25) is 0 Å². The van der Waals surface area contributed by atoms with E-state index in [0.717, 1.165) is 27.7 Å². The lowest BCUT2D eigenvalue weighted by Crippen LogP contribution is -2.40. The molecular weight excluding hydrogens is 642 g/mol. The van der Waals surface area contributed by atoms with Gasteiger partial charge in [0, 0.05) is 20.9 Å². The molecule has 0 spiro atoms. The molecule has 2 aromatic heterocycles. The van der Waals surface area contributed by atoms with Gasteiger partial charge in [-0.25, -0.2) is 9.79 Å². The van der Waals surface area contributed by atoms with Crippen LogP contribution in [0.3, 0.4) is 0 Å². The van der Waals surface area contributed by atoms with Gasteiger partial charge in [0.15, 0.2) is 16.3 Å². The van der Waals surface area contributed by atoms with Crippen molar-refractivity contribution in [2.45, 2.75) is 26.8 Å². The van der Waals surface area contributed by atoms with E-state index in [1.807, 2.05) is 67.6 Å². The molecule has 8 nitrogen and oxygen atoms in total. The third-order valence-electron chi connectivity index (χ3n) is 7.48. The number of aromatic nitrogens is 2. The Morgan fingerprint density at radius 2 is 1.82 bits per heavy atom. The number of fused-ring (bicyclic) bond motifs is 2. The molecule has 1 aliphatic rings. The molecule has 0 fully saturated rings. The number of thiazole rings is 1. The Bertz CT molecular complexity index is 2110. The summed E-state index contributed by atoms with van der Waals surface area (Å²) in [5.41, 5.74) is 4.94. The van der Waals surface area contributed by atoms with Gasteiger partial charge >= 0.3 is 5.97 Å². The maximum absolute atomic E-state index is 14.4. The fraction of sp³-hybridized carbons (Fsp3) is 0.206. The van der Waals surface area contributed by atoms with Gasteiger partial charge in [-0.15, -0.1) is 0 Å². The number of carbonyl (C=O) groups excluding carboxylic acids is 1. The SMILES string of the molecule is CCOC(=O)C1=C(C)N=c2s/c(=C/c3c(-c4ccccc4)[nH]c4ccccc34)c(=O)n2[C@H]1c1cc(OC)c(OCC)cc1Br. The monoisotopic (exact) mass is 671 g/mol. The number of rotatable bonds is 8. The third-order valence-corrected chi connectivity index (χ3v) is 9.15. The molecule has 3 heterocycles. The van der Waals surface area contributed by atoms with Gasteiger partial charge in [0.25, 0.3) is 5.56 Å². The van der Waals surface area contributed by atoms with E-state index in [9.17, 15) is 9.59 Å². The van der Waals surface area contributed by atoms with Crippen molar-refractivity contribution in [1.82, 2.24) is 9.55 Å². The van der Waals surface area contributed by atoms with Crippen molar-refractivity contribution in [3.8, 4) is 22.8 Å². The summed E-state index contributed by atoms with van der Waals surface area (Å²) in [5.74, 6) is 0.497. The first-order chi connectivity index (χ1) is 21.4. The maximum atomic E-state index is 14.4. The van der Waals surface area contributed by atoms with Gasteiger partial charge in [-0.05, 0) is 56.2 Å². The van der Waals surface area contributed by atoms with Crippen LogP contribution in [0.4, 0.5) is 0 Å². The molecule has 6 rings (SSSR count). The zero-order valence-corrected chi connectivity index (χ0v) is 27.0. The summed E-state index contributed by atoms with van der Waals surface area (Å²) in [5, 5.41) is 0.996. The Morgan fingerprint density at radius 1 is 1.07 bits per heavy atom. The highest BCUT2D eigenvalue weighted by Crippen LogP contribution is 2.41. The lowest BCUT2D eigenvalue weighted by Gasteiger charge is -2.26. The minimum atomic E-state index is -0.817. The molecule has 3 aromatic carbocycles. The molecule has 0 unspecified atom stereocenters. The first kappa shape index (κ1) is 29.7. The number of hydrogen-bond acceptors (Lipinski definition) is 7. The molecule has 1 N–H and O–H groups in total. The summed E-state index contributed by atoms with van der Waals surface area (Å²) >= 11 is 4.97. The van der Waals surface area contributed by atoms with Crippen LogP contribution in [0.5, 0.6) is 11.5 Å². The third kappa shape index (κ3) is 5.18. The highest BCUT2D eigenvalue weighted by Gasteiger charge is 2.35. The van der Waals surface area contributed by atoms with E-state index in [2.05, 4.69) is 20.9 Å². The lowest BCUT2D eigenvalue weighted by molar-refractivity contribution is -0.139. The number of aromatic amines is 1. The fourth-order valence-corrected chi connectivity index (χ4v) is 7.12. The number of carbonyl (C=O) groups is 1. The Morgan fingerprint density at radius 3 is 2.55 bits per heavy atom. The number of hydrogen-bond donors (Lipinski definition) is 1. The molecule has 224 valence electrons. The topological polar surface area (TPSA) is 94.9 Å². The summed E-state index contributed by atoms with van der Waals surface area (Å²) < 4.78 is 19.6. The van der Waals surface area contributed by atoms with Crippen molar-refractivity contribution >= 4 is 50.2 Å². The normalized spacial score (nSPS) is 14.8. The summed E-state index contributed by atoms with van der Waals surface area (Å²) in [7, 11) is 1.56. The second-order valence-corrected chi connectivity index (χ2v) is 11.9.